The van der Waals surface area contributed by atoms with Crippen molar-refractivity contribution >= 4 is 5.97 Å². The minimum atomic E-state index is -0.0389. The Labute approximate surface area is 93.4 Å². The van der Waals surface area contributed by atoms with E-state index in [-0.39, 0.29) is 12.1 Å². The minimum Gasteiger partial charge on any atom is -0.462 e. The molecule has 1 aliphatic rings. The van der Waals surface area contributed by atoms with Gasteiger partial charge in [0.25, 0.3) is 0 Å². The van der Waals surface area contributed by atoms with Gasteiger partial charge in [0.1, 0.15) is 6.10 Å². The van der Waals surface area contributed by atoms with Crippen molar-refractivity contribution in [2.24, 2.45) is 11.8 Å². The molecule has 0 saturated heterocycles. The van der Waals surface area contributed by atoms with Gasteiger partial charge in [-0.1, -0.05) is 27.2 Å². The largest absolute Gasteiger partial charge is 0.462 e. The molecular weight excluding hydrogens is 188 g/mol. The van der Waals surface area contributed by atoms with Gasteiger partial charge in [-0.2, -0.15) is 0 Å². The third-order valence-electron chi connectivity index (χ3n) is 3.49. The van der Waals surface area contributed by atoms with E-state index in [1.807, 2.05) is 6.92 Å². The molecule has 1 aliphatic carbocycles. The van der Waals surface area contributed by atoms with Crippen molar-refractivity contribution in [3.63, 3.8) is 0 Å². The molecule has 0 spiro atoms. The van der Waals surface area contributed by atoms with E-state index in [4.69, 9.17) is 4.74 Å². The quantitative estimate of drug-likeness (QED) is 0.528. The summed E-state index contributed by atoms with van der Waals surface area (Å²) in [5.74, 6) is 1.56. The molecule has 1 fully saturated rings. The zero-order chi connectivity index (χ0) is 11.3. The first-order chi connectivity index (χ1) is 7.13. The average Bonchev–Trinajstić information content (AvgIpc) is 2.43. The van der Waals surface area contributed by atoms with Crippen LogP contribution >= 0.6 is 0 Å². The number of carbonyl (C=O) groups excluding carboxylic acids is 1. The second-order valence-electron chi connectivity index (χ2n) is 4.98. The fraction of sp³-hybridized carbons (Fsp3) is 0.923. The topological polar surface area (TPSA) is 26.3 Å². The Morgan fingerprint density at radius 1 is 1.27 bits per heavy atom. The van der Waals surface area contributed by atoms with Crippen molar-refractivity contribution in [3.05, 3.63) is 0 Å². The summed E-state index contributed by atoms with van der Waals surface area (Å²) in [6, 6.07) is 0. The van der Waals surface area contributed by atoms with Crippen LogP contribution in [0.5, 0.6) is 0 Å². The molecule has 0 aromatic carbocycles. The summed E-state index contributed by atoms with van der Waals surface area (Å²) in [5, 5.41) is 0. The van der Waals surface area contributed by atoms with Crippen LogP contribution in [0.1, 0.15) is 59.3 Å². The number of hydrogen-bond donors (Lipinski definition) is 0. The maximum atomic E-state index is 11.2. The minimum absolute atomic E-state index is 0.0389. The lowest BCUT2D eigenvalue weighted by molar-refractivity contribution is -0.149. The molecule has 0 unspecified atom stereocenters. The fourth-order valence-electron chi connectivity index (χ4n) is 2.35. The first-order valence-corrected chi connectivity index (χ1v) is 6.33. The Morgan fingerprint density at radius 3 is 2.60 bits per heavy atom. The Kier molecular flexibility index (Phi) is 5.13. The number of ether oxygens (including phenoxy) is 1. The summed E-state index contributed by atoms with van der Waals surface area (Å²) in [7, 11) is 0. The zero-order valence-electron chi connectivity index (χ0n) is 10.3. The maximum Gasteiger partial charge on any atom is 0.305 e. The van der Waals surface area contributed by atoms with Crippen LogP contribution in [0.2, 0.25) is 0 Å². The van der Waals surface area contributed by atoms with Gasteiger partial charge in [0.05, 0.1) is 0 Å². The van der Waals surface area contributed by atoms with Crippen LogP contribution in [0, 0.1) is 11.8 Å². The van der Waals surface area contributed by atoms with Crippen LogP contribution in [0.3, 0.4) is 0 Å². The fourth-order valence-corrected chi connectivity index (χ4v) is 2.35. The van der Waals surface area contributed by atoms with Crippen LogP contribution in [-0.4, -0.2) is 12.1 Å². The summed E-state index contributed by atoms with van der Waals surface area (Å²) in [5.41, 5.74) is 0. The van der Waals surface area contributed by atoms with E-state index >= 15 is 0 Å². The van der Waals surface area contributed by atoms with E-state index < -0.39 is 0 Å². The van der Waals surface area contributed by atoms with E-state index in [1.165, 1.54) is 19.3 Å². The van der Waals surface area contributed by atoms with Gasteiger partial charge in [-0.3, -0.25) is 4.79 Å². The average molecular weight is 212 g/mol. The van der Waals surface area contributed by atoms with Crippen molar-refractivity contribution in [1.29, 1.82) is 0 Å². The highest BCUT2D eigenvalue weighted by Crippen LogP contribution is 2.30. The van der Waals surface area contributed by atoms with Gasteiger partial charge in [-0.05, 0) is 37.5 Å². The van der Waals surface area contributed by atoms with Crippen molar-refractivity contribution in [2.75, 3.05) is 0 Å². The Hall–Kier alpha value is -0.530. The lowest BCUT2D eigenvalue weighted by Crippen LogP contribution is -2.17. The highest BCUT2D eigenvalue weighted by atomic mass is 16.5. The molecule has 0 bridgehead atoms. The van der Waals surface area contributed by atoms with Crippen molar-refractivity contribution in [1.82, 2.24) is 0 Å². The molecule has 0 aliphatic heterocycles. The lowest BCUT2D eigenvalue weighted by Gasteiger charge is -2.18. The van der Waals surface area contributed by atoms with E-state index in [0.717, 1.165) is 24.7 Å². The molecule has 1 saturated carbocycles. The smallest absolute Gasteiger partial charge is 0.305 e. The third kappa shape index (κ3) is 4.23. The Balaban J connectivity index is 2.35. The molecule has 0 aromatic heterocycles. The van der Waals surface area contributed by atoms with Crippen LogP contribution in [0.4, 0.5) is 0 Å². The first kappa shape index (κ1) is 12.5. The summed E-state index contributed by atoms with van der Waals surface area (Å²) in [4.78, 5) is 11.2. The second kappa shape index (κ2) is 6.14. The molecule has 2 heteroatoms. The highest BCUT2D eigenvalue weighted by Gasteiger charge is 2.22. The SMILES string of the molecule is CCC(=O)O[C@H]1CCC[C@@H](C(C)C)CC1. The summed E-state index contributed by atoms with van der Waals surface area (Å²) in [6.45, 7) is 6.45. The van der Waals surface area contributed by atoms with Crippen LogP contribution in [0.25, 0.3) is 0 Å². The van der Waals surface area contributed by atoms with Crippen LogP contribution < -0.4 is 0 Å². The number of carbonyl (C=O) groups is 1. The number of rotatable bonds is 3. The van der Waals surface area contributed by atoms with E-state index in [1.54, 1.807) is 0 Å². The van der Waals surface area contributed by atoms with E-state index in [0.29, 0.717) is 6.42 Å². The molecule has 0 aromatic rings. The van der Waals surface area contributed by atoms with Gasteiger partial charge in [-0.15, -0.1) is 0 Å². The second-order valence-corrected chi connectivity index (χ2v) is 4.98. The van der Waals surface area contributed by atoms with E-state index in [2.05, 4.69) is 13.8 Å². The standard InChI is InChI=1S/C13H24O2/c1-4-13(14)15-12-7-5-6-11(8-9-12)10(2)3/h10-12H,4-9H2,1-3H3/t11-,12+/m1/s1. The zero-order valence-corrected chi connectivity index (χ0v) is 10.3. The van der Waals surface area contributed by atoms with Crippen molar-refractivity contribution in [2.45, 2.75) is 65.4 Å². The van der Waals surface area contributed by atoms with Gasteiger partial charge in [-0.25, -0.2) is 0 Å². The van der Waals surface area contributed by atoms with Crippen LogP contribution in [0.15, 0.2) is 0 Å². The highest BCUT2D eigenvalue weighted by molar-refractivity contribution is 5.69. The van der Waals surface area contributed by atoms with Gasteiger partial charge >= 0.3 is 5.97 Å². The normalized spacial score (nSPS) is 27.5. The molecule has 2 atom stereocenters. The molecule has 88 valence electrons. The van der Waals surface area contributed by atoms with Crippen molar-refractivity contribution in [3.8, 4) is 0 Å². The molecule has 0 N–H and O–H groups in total. The molecule has 15 heavy (non-hydrogen) atoms. The van der Waals surface area contributed by atoms with Gasteiger partial charge in [0.2, 0.25) is 0 Å². The van der Waals surface area contributed by atoms with E-state index in [9.17, 15) is 4.79 Å². The third-order valence-corrected chi connectivity index (χ3v) is 3.49. The molecule has 0 amide bonds. The summed E-state index contributed by atoms with van der Waals surface area (Å²) < 4.78 is 5.41. The molecule has 1 rings (SSSR count). The predicted molar refractivity (Wildman–Crippen MR) is 61.6 cm³/mol. The summed E-state index contributed by atoms with van der Waals surface area (Å²) >= 11 is 0. The molecule has 0 radical (unpaired) electrons. The number of hydrogen-bond acceptors (Lipinski definition) is 2. The summed E-state index contributed by atoms with van der Waals surface area (Å²) in [6.07, 6.45) is 6.57. The van der Waals surface area contributed by atoms with Gasteiger partial charge < -0.3 is 4.74 Å². The molecular formula is C13H24O2. The van der Waals surface area contributed by atoms with Gasteiger partial charge in [0, 0.05) is 6.42 Å². The molecule has 0 heterocycles. The van der Waals surface area contributed by atoms with Crippen LogP contribution in [-0.2, 0) is 9.53 Å². The van der Waals surface area contributed by atoms with Gasteiger partial charge in [0.15, 0.2) is 0 Å². The lowest BCUT2D eigenvalue weighted by atomic mass is 9.89. The van der Waals surface area contributed by atoms with Crippen molar-refractivity contribution < 1.29 is 9.53 Å². The monoisotopic (exact) mass is 212 g/mol. The first-order valence-electron chi connectivity index (χ1n) is 6.33. The molecule has 2 nitrogen and oxygen atoms in total. The Bertz CT molecular complexity index is 199. The maximum absolute atomic E-state index is 11.2. The number of esters is 1. The Morgan fingerprint density at radius 2 is 2.00 bits per heavy atom. The predicted octanol–water partition coefficient (Wildman–Crippen LogP) is 3.54.